The lowest BCUT2D eigenvalue weighted by molar-refractivity contribution is 0.578. The van der Waals surface area contributed by atoms with E-state index in [9.17, 15) is 0 Å². The second-order valence-corrected chi connectivity index (χ2v) is 14.9. The van der Waals surface area contributed by atoms with Crippen molar-refractivity contribution >= 4 is 60.8 Å². The predicted molar refractivity (Wildman–Crippen MR) is 219 cm³/mol. The van der Waals surface area contributed by atoms with Gasteiger partial charge in [-0.25, -0.2) is 0 Å². The second kappa shape index (κ2) is 12.8. The summed E-state index contributed by atoms with van der Waals surface area (Å²) in [5.74, 6) is 0. The van der Waals surface area contributed by atoms with Crippen LogP contribution in [0.5, 0.6) is 0 Å². The number of piperidine rings is 2. The highest BCUT2D eigenvalue weighted by atomic mass is 15.2. The van der Waals surface area contributed by atoms with Crippen LogP contribution in [0.1, 0.15) is 49.7 Å². The molecule has 0 spiro atoms. The third-order valence-electron chi connectivity index (χ3n) is 11.9. The van der Waals surface area contributed by atoms with Crippen molar-refractivity contribution in [1.29, 1.82) is 0 Å². The van der Waals surface area contributed by atoms with Crippen LogP contribution in [-0.2, 0) is 12.8 Å². The van der Waals surface area contributed by atoms with Crippen molar-refractivity contribution < 1.29 is 0 Å². The topological polar surface area (TPSA) is 9.72 Å². The summed E-state index contributed by atoms with van der Waals surface area (Å²) in [6, 6.07) is 49.0. The van der Waals surface area contributed by atoms with E-state index in [0.717, 1.165) is 39.0 Å². The Balaban J connectivity index is 1.34. The predicted octanol–water partition coefficient (Wildman–Crippen LogP) is 12.4. The molecule has 0 amide bonds. The summed E-state index contributed by atoms with van der Waals surface area (Å²) in [5.41, 5.74) is 12.0. The zero-order valence-electron chi connectivity index (χ0n) is 29.5. The molecule has 0 aromatic heterocycles. The number of para-hydroxylation sites is 2. The van der Waals surface area contributed by atoms with Gasteiger partial charge in [0.05, 0.1) is 5.69 Å². The van der Waals surface area contributed by atoms with E-state index in [1.165, 1.54) is 122 Å². The van der Waals surface area contributed by atoms with Crippen LogP contribution in [0.4, 0.5) is 28.4 Å². The maximum absolute atomic E-state index is 2.63. The average molecular weight is 664 g/mol. The number of aryl methyl sites for hydroxylation is 2. The SMILES string of the molecule is c1ccc2c(c1)CCc1ccccc1N2c1c2ccc(N3CCCCC3)cc2c(-c2ccc3ccccc3c2)c2ccc(N3CCCCC3)cc12. The Labute approximate surface area is 301 Å². The molecule has 7 aromatic carbocycles. The Hall–Kier alpha value is -5.28. The first kappa shape index (κ1) is 30.5. The number of anilines is 5. The molecular formula is C48H45N3. The van der Waals surface area contributed by atoms with Gasteiger partial charge in [0.25, 0.3) is 0 Å². The lowest BCUT2D eigenvalue weighted by atomic mass is 9.88. The molecule has 3 aliphatic heterocycles. The lowest BCUT2D eigenvalue weighted by Gasteiger charge is -2.33. The molecule has 3 heterocycles. The van der Waals surface area contributed by atoms with E-state index in [0.29, 0.717) is 0 Å². The van der Waals surface area contributed by atoms with Gasteiger partial charge in [0.2, 0.25) is 0 Å². The van der Waals surface area contributed by atoms with Crippen LogP contribution < -0.4 is 14.7 Å². The minimum Gasteiger partial charge on any atom is -0.372 e. The van der Waals surface area contributed by atoms with Crippen LogP contribution in [0.3, 0.4) is 0 Å². The first-order chi connectivity index (χ1) is 25.3. The normalized spacial score (nSPS) is 16.4. The Morgan fingerprint density at radius 1 is 0.392 bits per heavy atom. The Morgan fingerprint density at radius 3 is 1.59 bits per heavy atom. The lowest BCUT2D eigenvalue weighted by Crippen LogP contribution is -2.29. The molecule has 0 atom stereocenters. The fraction of sp³-hybridized carbons (Fsp3) is 0.250. The van der Waals surface area contributed by atoms with Crippen LogP contribution in [0.2, 0.25) is 0 Å². The van der Waals surface area contributed by atoms with Crippen molar-refractivity contribution in [3.63, 3.8) is 0 Å². The van der Waals surface area contributed by atoms with E-state index in [4.69, 9.17) is 0 Å². The summed E-state index contributed by atoms with van der Waals surface area (Å²) in [7, 11) is 0. The Morgan fingerprint density at radius 2 is 0.941 bits per heavy atom. The summed E-state index contributed by atoms with van der Waals surface area (Å²) in [6.45, 7) is 4.51. The number of nitrogens with zero attached hydrogens (tertiary/aromatic N) is 3. The van der Waals surface area contributed by atoms with Gasteiger partial charge < -0.3 is 14.7 Å². The van der Waals surface area contributed by atoms with Gasteiger partial charge in [-0.2, -0.15) is 0 Å². The molecule has 0 saturated carbocycles. The van der Waals surface area contributed by atoms with Crippen LogP contribution in [0, 0.1) is 0 Å². The summed E-state index contributed by atoms with van der Waals surface area (Å²) in [6.07, 6.45) is 9.77. The van der Waals surface area contributed by atoms with Gasteiger partial charge in [-0.05, 0) is 138 Å². The highest BCUT2D eigenvalue weighted by Crippen LogP contribution is 2.52. The van der Waals surface area contributed by atoms with Crippen LogP contribution in [-0.4, -0.2) is 26.2 Å². The molecule has 2 saturated heterocycles. The van der Waals surface area contributed by atoms with Crippen molar-refractivity contribution in [2.45, 2.75) is 51.4 Å². The minimum atomic E-state index is 1.03. The maximum atomic E-state index is 2.63. The van der Waals surface area contributed by atoms with Gasteiger partial charge >= 0.3 is 0 Å². The fourth-order valence-electron chi connectivity index (χ4n) is 9.30. The quantitative estimate of drug-likeness (QED) is 0.174. The Bertz CT molecular complexity index is 2370. The first-order valence-electron chi connectivity index (χ1n) is 19.3. The second-order valence-electron chi connectivity index (χ2n) is 14.9. The van der Waals surface area contributed by atoms with E-state index in [2.05, 4.69) is 142 Å². The van der Waals surface area contributed by atoms with Crippen molar-refractivity contribution in [2.24, 2.45) is 0 Å². The third-order valence-corrected chi connectivity index (χ3v) is 11.9. The number of hydrogen-bond donors (Lipinski definition) is 0. The molecule has 252 valence electrons. The van der Waals surface area contributed by atoms with Crippen molar-refractivity contribution in [3.05, 3.63) is 139 Å². The van der Waals surface area contributed by atoms with Crippen molar-refractivity contribution in [1.82, 2.24) is 0 Å². The summed E-state index contributed by atoms with van der Waals surface area (Å²) < 4.78 is 0. The van der Waals surface area contributed by atoms with E-state index in [1.807, 2.05) is 0 Å². The van der Waals surface area contributed by atoms with E-state index < -0.39 is 0 Å². The van der Waals surface area contributed by atoms with Gasteiger partial charge in [0.15, 0.2) is 0 Å². The monoisotopic (exact) mass is 663 g/mol. The highest BCUT2D eigenvalue weighted by Gasteiger charge is 2.28. The molecule has 0 bridgehead atoms. The van der Waals surface area contributed by atoms with Crippen LogP contribution in [0.25, 0.3) is 43.4 Å². The molecule has 51 heavy (non-hydrogen) atoms. The number of hydrogen-bond acceptors (Lipinski definition) is 3. The molecule has 0 aliphatic carbocycles. The summed E-state index contributed by atoms with van der Waals surface area (Å²) in [4.78, 5) is 7.87. The van der Waals surface area contributed by atoms with Gasteiger partial charge in [-0.3, -0.25) is 0 Å². The number of benzene rings is 7. The molecule has 3 heteroatoms. The number of rotatable bonds is 4. The largest absolute Gasteiger partial charge is 0.372 e. The molecule has 2 fully saturated rings. The maximum Gasteiger partial charge on any atom is 0.0619 e. The minimum absolute atomic E-state index is 1.03. The highest BCUT2D eigenvalue weighted by molar-refractivity contribution is 6.23. The van der Waals surface area contributed by atoms with Crippen molar-refractivity contribution in [3.8, 4) is 11.1 Å². The summed E-state index contributed by atoms with van der Waals surface area (Å²) >= 11 is 0. The molecule has 0 radical (unpaired) electrons. The van der Waals surface area contributed by atoms with Gasteiger partial charge in [-0.1, -0.05) is 84.9 Å². The van der Waals surface area contributed by atoms with Crippen LogP contribution in [0.15, 0.2) is 127 Å². The number of fused-ring (bicyclic) bond motifs is 5. The first-order valence-corrected chi connectivity index (χ1v) is 19.3. The molecule has 0 N–H and O–H groups in total. The molecular weight excluding hydrogens is 619 g/mol. The molecule has 3 nitrogen and oxygen atoms in total. The molecule has 0 unspecified atom stereocenters. The molecule has 3 aliphatic rings. The van der Waals surface area contributed by atoms with E-state index in [1.54, 1.807) is 0 Å². The standard InChI is InChI=1S/C48H45N3/c1-9-27-49(28-10-1)39-24-26-42-43(32-39)47(38-22-19-34-13-3-4-16-37(34)31-38)41-25-23-40(50-29-11-2-12-30-50)33-44(41)48(42)51-45-17-7-5-14-35(45)20-21-36-15-6-8-18-46(36)51/h3-8,13-19,22-26,31-33H,1-2,9-12,20-21,27-30H2. The fourth-order valence-corrected chi connectivity index (χ4v) is 9.30. The summed E-state index contributed by atoms with van der Waals surface area (Å²) in [5, 5.41) is 7.86. The molecule has 7 aromatic rings. The smallest absolute Gasteiger partial charge is 0.0619 e. The van der Waals surface area contributed by atoms with Crippen LogP contribution >= 0.6 is 0 Å². The zero-order chi connectivity index (χ0) is 33.7. The molecule has 10 rings (SSSR count). The van der Waals surface area contributed by atoms with Gasteiger partial charge in [0.1, 0.15) is 0 Å². The Kier molecular flexibility index (Phi) is 7.66. The average Bonchev–Trinajstić information content (AvgIpc) is 3.37. The van der Waals surface area contributed by atoms with Crippen molar-refractivity contribution in [2.75, 3.05) is 40.9 Å². The van der Waals surface area contributed by atoms with Gasteiger partial charge in [-0.15, -0.1) is 0 Å². The van der Waals surface area contributed by atoms with E-state index >= 15 is 0 Å². The zero-order valence-corrected chi connectivity index (χ0v) is 29.5. The van der Waals surface area contributed by atoms with Gasteiger partial charge in [0, 0.05) is 59.7 Å². The van der Waals surface area contributed by atoms with E-state index in [-0.39, 0.29) is 0 Å². The third kappa shape index (κ3) is 5.33.